The van der Waals surface area contributed by atoms with E-state index >= 15 is 0 Å². The average Bonchev–Trinajstić information content (AvgIpc) is 2.23. The quantitative estimate of drug-likeness (QED) is 0.709. The van der Waals surface area contributed by atoms with Crippen LogP contribution in [0.1, 0.15) is 39.5 Å². The molecule has 0 saturated carbocycles. The van der Waals surface area contributed by atoms with Crippen LogP contribution in [0.5, 0.6) is 0 Å². The Bertz CT molecular complexity index is 219. The van der Waals surface area contributed by atoms with Crippen LogP contribution in [-0.2, 0) is 0 Å². The molecule has 3 unspecified atom stereocenters. The fourth-order valence-corrected chi connectivity index (χ4v) is 2.23. The molecule has 0 aromatic heterocycles. The summed E-state index contributed by atoms with van der Waals surface area (Å²) in [5.74, 6) is 2.85. The summed E-state index contributed by atoms with van der Waals surface area (Å²) in [7, 11) is 2.20. The third-order valence-corrected chi connectivity index (χ3v) is 3.42. The third-order valence-electron chi connectivity index (χ3n) is 3.42. The van der Waals surface area contributed by atoms with Gasteiger partial charge in [0.15, 0.2) is 0 Å². The van der Waals surface area contributed by atoms with E-state index in [2.05, 4.69) is 37.0 Å². The molecule has 1 N–H and O–H groups in total. The van der Waals surface area contributed by atoms with Crippen molar-refractivity contribution in [3.05, 3.63) is 0 Å². The zero-order valence-electron chi connectivity index (χ0n) is 10.3. The summed E-state index contributed by atoms with van der Waals surface area (Å²) in [6.45, 7) is 5.66. The van der Waals surface area contributed by atoms with Crippen molar-refractivity contribution in [2.45, 2.75) is 57.7 Å². The van der Waals surface area contributed by atoms with Gasteiger partial charge in [-0.1, -0.05) is 19.3 Å². The minimum absolute atomic E-state index is 0.274. The molecule has 0 aromatic carbocycles. The SMILES string of the molecule is C#CC(CCC)NC1CCN(C)C(C)C1. The van der Waals surface area contributed by atoms with Gasteiger partial charge in [-0.15, -0.1) is 6.42 Å². The van der Waals surface area contributed by atoms with Crippen LogP contribution in [0.2, 0.25) is 0 Å². The second-order valence-corrected chi connectivity index (χ2v) is 4.73. The summed E-state index contributed by atoms with van der Waals surface area (Å²) in [6, 6.07) is 1.57. The number of hydrogen-bond acceptors (Lipinski definition) is 2. The van der Waals surface area contributed by atoms with Crippen LogP contribution in [0.15, 0.2) is 0 Å². The Hall–Kier alpha value is -0.520. The molecule has 0 aromatic rings. The van der Waals surface area contributed by atoms with Crippen molar-refractivity contribution >= 4 is 0 Å². The summed E-state index contributed by atoms with van der Waals surface area (Å²) in [5.41, 5.74) is 0. The van der Waals surface area contributed by atoms with Crippen LogP contribution in [0.3, 0.4) is 0 Å². The summed E-state index contributed by atoms with van der Waals surface area (Å²) < 4.78 is 0. The fraction of sp³-hybridized carbons (Fsp3) is 0.846. The zero-order chi connectivity index (χ0) is 11.3. The Balaban J connectivity index is 2.35. The van der Waals surface area contributed by atoms with Crippen LogP contribution in [0, 0.1) is 12.3 Å². The van der Waals surface area contributed by atoms with Crippen LogP contribution >= 0.6 is 0 Å². The molecular weight excluding hydrogens is 184 g/mol. The maximum absolute atomic E-state index is 5.52. The van der Waals surface area contributed by atoms with E-state index in [0.717, 1.165) is 12.8 Å². The highest BCUT2D eigenvalue weighted by Gasteiger charge is 2.23. The molecule has 15 heavy (non-hydrogen) atoms. The summed E-state index contributed by atoms with van der Waals surface area (Å²) in [4.78, 5) is 2.42. The maximum Gasteiger partial charge on any atom is 0.0688 e. The van der Waals surface area contributed by atoms with Crippen LogP contribution in [0.4, 0.5) is 0 Å². The molecule has 1 fully saturated rings. The smallest absolute Gasteiger partial charge is 0.0688 e. The van der Waals surface area contributed by atoms with Gasteiger partial charge in [0.05, 0.1) is 6.04 Å². The van der Waals surface area contributed by atoms with Gasteiger partial charge in [0.2, 0.25) is 0 Å². The highest BCUT2D eigenvalue weighted by Crippen LogP contribution is 2.16. The molecule has 0 radical (unpaired) electrons. The van der Waals surface area contributed by atoms with E-state index in [1.54, 1.807) is 0 Å². The first kappa shape index (κ1) is 12.5. The number of nitrogens with zero attached hydrogens (tertiary/aromatic N) is 1. The lowest BCUT2D eigenvalue weighted by Crippen LogP contribution is -2.48. The molecule has 2 nitrogen and oxygen atoms in total. The normalized spacial score (nSPS) is 29.7. The van der Waals surface area contributed by atoms with Crippen molar-refractivity contribution < 1.29 is 0 Å². The number of terminal acetylenes is 1. The molecule has 0 amide bonds. The number of rotatable bonds is 4. The minimum Gasteiger partial charge on any atom is -0.304 e. The molecule has 1 saturated heterocycles. The molecule has 2 heteroatoms. The molecular formula is C13H24N2. The largest absolute Gasteiger partial charge is 0.304 e. The van der Waals surface area contributed by atoms with Crippen molar-refractivity contribution in [2.24, 2.45) is 0 Å². The van der Waals surface area contributed by atoms with Gasteiger partial charge in [-0.2, -0.15) is 0 Å². The lowest BCUT2D eigenvalue weighted by molar-refractivity contribution is 0.165. The number of hydrogen-bond donors (Lipinski definition) is 1. The Morgan fingerprint density at radius 2 is 2.33 bits per heavy atom. The van der Waals surface area contributed by atoms with Gasteiger partial charge in [0, 0.05) is 12.1 Å². The molecule has 1 aliphatic rings. The van der Waals surface area contributed by atoms with E-state index in [-0.39, 0.29) is 6.04 Å². The predicted molar refractivity (Wildman–Crippen MR) is 65.8 cm³/mol. The second-order valence-electron chi connectivity index (χ2n) is 4.73. The van der Waals surface area contributed by atoms with E-state index in [4.69, 9.17) is 6.42 Å². The molecule has 86 valence electrons. The standard InChI is InChI=1S/C13H24N2/c1-5-7-12(6-2)14-13-8-9-15(4)11(3)10-13/h2,11-14H,5,7-10H2,1,3-4H3. The highest BCUT2D eigenvalue weighted by atomic mass is 15.1. The molecule has 0 bridgehead atoms. The average molecular weight is 208 g/mol. The number of piperidine rings is 1. The molecule has 0 aliphatic carbocycles. The summed E-state index contributed by atoms with van der Waals surface area (Å²) >= 11 is 0. The highest BCUT2D eigenvalue weighted by molar-refractivity contribution is 5.00. The summed E-state index contributed by atoms with van der Waals surface area (Å²) in [5, 5.41) is 3.59. The number of likely N-dealkylation sites (tertiary alicyclic amines) is 1. The molecule has 0 spiro atoms. The van der Waals surface area contributed by atoms with Crippen molar-refractivity contribution in [1.29, 1.82) is 0 Å². The molecule has 3 atom stereocenters. The summed E-state index contributed by atoms with van der Waals surface area (Å²) in [6.07, 6.45) is 10.2. The zero-order valence-corrected chi connectivity index (χ0v) is 10.3. The van der Waals surface area contributed by atoms with Gasteiger partial charge in [-0.05, 0) is 39.8 Å². The molecule has 1 rings (SSSR count). The van der Waals surface area contributed by atoms with Crippen molar-refractivity contribution in [1.82, 2.24) is 10.2 Å². The van der Waals surface area contributed by atoms with Gasteiger partial charge in [0.25, 0.3) is 0 Å². The first-order chi connectivity index (χ1) is 7.17. The lowest BCUT2D eigenvalue weighted by atomic mass is 9.97. The first-order valence-corrected chi connectivity index (χ1v) is 6.09. The monoisotopic (exact) mass is 208 g/mol. The van der Waals surface area contributed by atoms with Gasteiger partial charge < -0.3 is 10.2 Å². The van der Waals surface area contributed by atoms with Gasteiger partial charge in [0.1, 0.15) is 0 Å². The van der Waals surface area contributed by atoms with E-state index in [9.17, 15) is 0 Å². The van der Waals surface area contributed by atoms with Crippen molar-refractivity contribution in [3.63, 3.8) is 0 Å². The van der Waals surface area contributed by atoms with Crippen LogP contribution in [0.25, 0.3) is 0 Å². The first-order valence-electron chi connectivity index (χ1n) is 6.09. The maximum atomic E-state index is 5.52. The van der Waals surface area contributed by atoms with E-state index < -0.39 is 0 Å². The Kier molecular flexibility index (Phi) is 5.14. The minimum atomic E-state index is 0.274. The van der Waals surface area contributed by atoms with Crippen LogP contribution < -0.4 is 5.32 Å². The van der Waals surface area contributed by atoms with E-state index in [0.29, 0.717) is 12.1 Å². The van der Waals surface area contributed by atoms with E-state index in [1.807, 2.05) is 0 Å². The predicted octanol–water partition coefficient (Wildman–Crippen LogP) is 1.86. The third kappa shape index (κ3) is 3.85. The Labute approximate surface area is 94.4 Å². The Morgan fingerprint density at radius 3 is 2.87 bits per heavy atom. The van der Waals surface area contributed by atoms with Gasteiger partial charge in [-0.25, -0.2) is 0 Å². The molecule has 1 aliphatic heterocycles. The van der Waals surface area contributed by atoms with Crippen molar-refractivity contribution in [3.8, 4) is 12.3 Å². The van der Waals surface area contributed by atoms with Crippen molar-refractivity contribution in [2.75, 3.05) is 13.6 Å². The number of nitrogens with one attached hydrogen (secondary N) is 1. The van der Waals surface area contributed by atoms with E-state index in [1.165, 1.54) is 19.4 Å². The molecule has 1 heterocycles. The second kappa shape index (κ2) is 6.15. The topological polar surface area (TPSA) is 15.3 Å². The fourth-order valence-electron chi connectivity index (χ4n) is 2.23. The van der Waals surface area contributed by atoms with Gasteiger partial charge >= 0.3 is 0 Å². The Morgan fingerprint density at radius 1 is 1.60 bits per heavy atom. The van der Waals surface area contributed by atoms with Crippen LogP contribution in [-0.4, -0.2) is 36.6 Å². The van der Waals surface area contributed by atoms with Gasteiger partial charge in [-0.3, -0.25) is 0 Å². The lowest BCUT2D eigenvalue weighted by Gasteiger charge is -2.36.